The van der Waals surface area contributed by atoms with E-state index in [2.05, 4.69) is 60.7 Å². The zero-order valence-corrected chi connectivity index (χ0v) is 16.7. The highest BCUT2D eigenvalue weighted by molar-refractivity contribution is 6.09. The first-order valence-corrected chi connectivity index (χ1v) is 11.3. The third kappa shape index (κ3) is 2.34. The minimum absolute atomic E-state index is 0.471. The Kier molecular flexibility index (Phi) is 3.23. The smallest absolute Gasteiger partial charge is 0.143 e. The summed E-state index contributed by atoms with van der Waals surface area (Å²) in [6.07, 6.45) is 8.80. The molecular formula is C28H26O. The fraction of sp³-hybridized carbons (Fsp3) is 0.357. The first kappa shape index (κ1) is 16.3. The molecular weight excluding hydrogens is 352 g/mol. The van der Waals surface area contributed by atoms with Crippen molar-refractivity contribution < 1.29 is 4.42 Å². The van der Waals surface area contributed by atoms with Crippen LogP contribution in [0.15, 0.2) is 71.1 Å². The highest BCUT2D eigenvalue weighted by Crippen LogP contribution is 2.60. The Labute approximate surface area is 171 Å². The molecule has 4 aliphatic carbocycles. The summed E-state index contributed by atoms with van der Waals surface area (Å²) in [6, 6.07) is 24.4. The maximum absolute atomic E-state index is 6.27. The second-order valence-electron chi connectivity index (χ2n) is 10.1. The molecule has 4 saturated carbocycles. The van der Waals surface area contributed by atoms with Gasteiger partial charge >= 0.3 is 0 Å². The van der Waals surface area contributed by atoms with Gasteiger partial charge in [-0.05, 0) is 78.9 Å². The third-order valence-corrected chi connectivity index (χ3v) is 8.25. The minimum atomic E-state index is 0.471. The van der Waals surface area contributed by atoms with Crippen LogP contribution in [0, 0.1) is 17.8 Å². The molecule has 0 radical (unpaired) electrons. The molecule has 4 aromatic rings. The van der Waals surface area contributed by atoms with E-state index in [0.717, 1.165) is 28.9 Å². The van der Waals surface area contributed by atoms with Crippen LogP contribution in [0.5, 0.6) is 0 Å². The Morgan fingerprint density at radius 2 is 1.31 bits per heavy atom. The van der Waals surface area contributed by atoms with Gasteiger partial charge in [-0.3, -0.25) is 0 Å². The lowest BCUT2D eigenvalue weighted by molar-refractivity contribution is -0.00518. The van der Waals surface area contributed by atoms with Crippen LogP contribution in [0.4, 0.5) is 0 Å². The summed E-state index contributed by atoms with van der Waals surface area (Å²) in [5.74, 6) is 2.97. The fourth-order valence-electron chi connectivity index (χ4n) is 7.44. The maximum Gasteiger partial charge on any atom is 0.143 e. The molecule has 1 aromatic heterocycles. The molecule has 4 fully saturated rings. The summed E-state index contributed by atoms with van der Waals surface area (Å²) in [5.41, 5.74) is 6.52. The van der Waals surface area contributed by atoms with E-state index in [0.29, 0.717) is 5.41 Å². The van der Waals surface area contributed by atoms with Crippen LogP contribution in [0.25, 0.3) is 33.1 Å². The Hall–Kier alpha value is -2.54. The molecule has 3 aromatic carbocycles. The van der Waals surface area contributed by atoms with Gasteiger partial charge in [0.1, 0.15) is 11.2 Å². The van der Waals surface area contributed by atoms with Gasteiger partial charge in [-0.15, -0.1) is 0 Å². The lowest BCUT2D eigenvalue weighted by atomic mass is 9.48. The first-order valence-electron chi connectivity index (χ1n) is 11.3. The number of para-hydroxylation sites is 2. The molecule has 0 amide bonds. The van der Waals surface area contributed by atoms with Crippen molar-refractivity contribution in [1.29, 1.82) is 0 Å². The quantitative estimate of drug-likeness (QED) is 0.348. The van der Waals surface area contributed by atoms with E-state index in [9.17, 15) is 0 Å². The minimum Gasteiger partial charge on any atom is -0.455 e. The number of hydrogen-bond donors (Lipinski definition) is 0. The molecule has 144 valence electrons. The van der Waals surface area contributed by atoms with Crippen LogP contribution < -0.4 is 0 Å². The normalized spacial score (nSPS) is 30.4. The van der Waals surface area contributed by atoms with E-state index in [4.69, 9.17) is 4.42 Å². The summed E-state index contributed by atoms with van der Waals surface area (Å²) in [6.45, 7) is 0. The average molecular weight is 379 g/mol. The lowest BCUT2D eigenvalue weighted by Crippen LogP contribution is -2.48. The highest BCUT2D eigenvalue weighted by atomic mass is 16.3. The monoisotopic (exact) mass is 378 g/mol. The summed E-state index contributed by atoms with van der Waals surface area (Å²) in [4.78, 5) is 0. The number of benzene rings is 3. The standard InChI is InChI=1S/C28H26O/c1-2-7-26-24(4-1)25-6-3-5-23(27(25)29-26)21-8-10-22(11-9-21)28-15-18-12-19(16-28)14-20(13-18)17-28/h1-11,18-20H,12-17H2. The molecule has 0 saturated heterocycles. The first-order chi connectivity index (χ1) is 14.3. The summed E-state index contributed by atoms with van der Waals surface area (Å²) < 4.78 is 6.27. The Morgan fingerprint density at radius 3 is 2.03 bits per heavy atom. The largest absolute Gasteiger partial charge is 0.455 e. The molecule has 0 aliphatic heterocycles. The molecule has 29 heavy (non-hydrogen) atoms. The van der Waals surface area contributed by atoms with Crippen molar-refractivity contribution >= 4 is 21.9 Å². The van der Waals surface area contributed by atoms with Crippen molar-refractivity contribution in [1.82, 2.24) is 0 Å². The van der Waals surface area contributed by atoms with Crippen LogP contribution in [0.2, 0.25) is 0 Å². The topological polar surface area (TPSA) is 13.1 Å². The SMILES string of the molecule is c1ccc2c(c1)oc1c(-c3ccc(C45CC6CC(CC(C6)C4)C5)cc3)cccc12. The molecule has 0 N–H and O–H groups in total. The van der Waals surface area contributed by atoms with Gasteiger partial charge < -0.3 is 4.42 Å². The van der Waals surface area contributed by atoms with Crippen molar-refractivity contribution in [3.63, 3.8) is 0 Å². The molecule has 0 spiro atoms. The highest BCUT2D eigenvalue weighted by Gasteiger charge is 2.51. The van der Waals surface area contributed by atoms with Gasteiger partial charge in [-0.2, -0.15) is 0 Å². The van der Waals surface area contributed by atoms with Crippen LogP contribution in [0.1, 0.15) is 44.1 Å². The van der Waals surface area contributed by atoms with E-state index in [1.807, 2.05) is 6.07 Å². The molecule has 4 aliphatic rings. The Morgan fingerprint density at radius 1 is 0.655 bits per heavy atom. The second kappa shape index (κ2) is 5.75. The predicted molar refractivity (Wildman–Crippen MR) is 119 cm³/mol. The van der Waals surface area contributed by atoms with Gasteiger partial charge in [0.05, 0.1) is 0 Å². The average Bonchev–Trinajstić information content (AvgIpc) is 3.12. The zero-order chi connectivity index (χ0) is 19.0. The molecule has 0 atom stereocenters. The van der Waals surface area contributed by atoms with Crippen molar-refractivity contribution in [2.75, 3.05) is 0 Å². The number of furan rings is 1. The van der Waals surface area contributed by atoms with Gasteiger partial charge in [-0.25, -0.2) is 0 Å². The van der Waals surface area contributed by atoms with Gasteiger partial charge in [0.2, 0.25) is 0 Å². The summed E-state index contributed by atoms with van der Waals surface area (Å²) in [7, 11) is 0. The van der Waals surface area contributed by atoms with Crippen molar-refractivity contribution in [3.8, 4) is 11.1 Å². The van der Waals surface area contributed by atoms with E-state index in [1.54, 1.807) is 5.56 Å². The third-order valence-electron chi connectivity index (χ3n) is 8.25. The van der Waals surface area contributed by atoms with Crippen LogP contribution in [-0.4, -0.2) is 0 Å². The molecule has 8 rings (SSSR count). The Bertz CT molecular complexity index is 1190. The van der Waals surface area contributed by atoms with Crippen molar-refractivity contribution in [3.05, 3.63) is 72.3 Å². The fourth-order valence-corrected chi connectivity index (χ4v) is 7.44. The van der Waals surface area contributed by atoms with Gasteiger partial charge in [0, 0.05) is 16.3 Å². The van der Waals surface area contributed by atoms with Crippen LogP contribution in [0.3, 0.4) is 0 Å². The van der Waals surface area contributed by atoms with Gasteiger partial charge in [0.15, 0.2) is 0 Å². The van der Waals surface area contributed by atoms with E-state index < -0.39 is 0 Å². The number of hydrogen-bond acceptors (Lipinski definition) is 1. The number of rotatable bonds is 2. The van der Waals surface area contributed by atoms with Crippen molar-refractivity contribution in [2.45, 2.75) is 43.9 Å². The predicted octanol–water partition coefficient (Wildman–Crippen LogP) is 7.72. The lowest BCUT2D eigenvalue weighted by Gasteiger charge is -2.57. The zero-order valence-electron chi connectivity index (χ0n) is 16.7. The summed E-state index contributed by atoms with van der Waals surface area (Å²) >= 11 is 0. The molecule has 1 heterocycles. The summed E-state index contributed by atoms with van der Waals surface area (Å²) in [5, 5.41) is 2.41. The number of fused-ring (bicyclic) bond motifs is 3. The maximum atomic E-state index is 6.27. The van der Waals surface area contributed by atoms with Gasteiger partial charge in [-0.1, -0.05) is 60.7 Å². The van der Waals surface area contributed by atoms with Crippen LogP contribution >= 0.6 is 0 Å². The molecule has 1 nitrogen and oxygen atoms in total. The van der Waals surface area contributed by atoms with E-state index >= 15 is 0 Å². The van der Waals surface area contributed by atoms with Crippen molar-refractivity contribution in [2.24, 2.45) is 17.8 Å². The Balaban J connectivity index is 1.31. The van der Waals surface area contributed by atoms with E-state index in [-0.39, 0.29) is 0 Å². The molecule has 1 heteroatoms. The van der Waals surface area contributed by atoms with E-state index in [1.165, 1.54) is 60.4 Å². The van der Waals surface area contributed by atoms with Gasteiger partial charge in [0.25, 0.3) is 0 Å². The molecule has 0 unspecified atom stereocenters. The second-order valence-corrected chi connectivity index (χ2v) is 10.1. The van der Waals surface area contributed by atoms with Crippen LogP contribution in [-0.2, 0) is 5.41 Å². The molecule has 4 bridgehead atoms.